The first-order valence-corrected chi connectivity index (χ1v) is 8.47. The second-order valence-electron chi connectivity index (χ2n) is 5.22. The molecule has 118 valence electrons. The molecular formula is C14H21FN2O3S. The van der Waals surface area contributed by atoms with Crippen LogP contribution in [0.4, 0.5) is 10.1 Å². The highest BCUT2D eigenvalue weighted by molar-refractivity contribution is 7.89. The van der Waals surface area contributed by atoms with E-state index in [9.17, 15) is 12.8 Å². The van der Waals surface area contributed by atoms with Gasteiger partial charge in [-0.05, 0) is 31.9 Å². The van der Waals surface area contributed by atoms with Crippen LogP contribution in [0.3, 0.4) is 0 Å². The number of ether oxygens (including phenoxy) is 1. The van der Waals surface area contributed by atoms with Crippen LogP contribution in [-0.4, -0.2) is 38.5 Å². The van der Waals surface area contributed by atoms with Gasteiger partial charge in [0, 0.05) is 30.9 Å². The van der Waals surface area contributed by atoms with E-state index in [0.717, 1.165) is 18.9 Å². The van der Waals surface area contributed by atoms with Gasteiger partial charge in [0.05, 0.1) is 11.0 Å². The Morgan fingerprint density at radius 3 is 2.76 bits per heavy atom. The Labute approximate surface area is 124 Å². The molecule has 5 nitrogen and oxygen atoms in total. The molecule has 2 rings (SSSR count). The number of benzene rings is 1. The first-order valence-electron chi connectivity index (χ1n) is 7.03. The Balaban J connectivity index is 2.34. The molecule has 0 aliphatic carbocycles. The summed E-state index contributed by atoms with van der Waals surface area (Å²) in [4.78, 5) is -0.0696. The fourth-order valence-corrected chi connectivity index (χ4v) is 4.24. The van der Waals surface area contributed by atoms with Crippen LogP contribution in [0.15, 0.2) is 17.0 Å². The summed E-state index contributed by atoms with van der Waals surface area (Å²) < 4.78 is 46.0. The lowest BCUT2D eigenvalue weighted by molar-refractivity contribution is 0.0946. The van der Waals surface area contributed by atoms with Crippen molar-refractivity contribution in [3.63, 3.8) is 0 Å². The molecule has 1 unspecified atom stereocenters. The largest absolute Gasteiger partial charge is 0.399 e. The van der Waals surface area contributed by atoms with Crippen molar-refractivity contribution in [1.82, 2.24) is 4.31 Å². The maximum absolute atomic E-state index is 13.8. The highest BCUT2D eigenvalue weighted by Gasteiger charge is 2.30. The molecule has 7 heteroatoms. The number of hydrogen-bond donors (Lipinski definition) is 1. The van der Waals surface area contributed by atoms with Crippen LogP contribution < -0.4 is 5.73 Å². The maximum Gasteiger partial charge on any atom is 0.243 e. The van der Waals surface area contributed by atoms with E-state index in [-0.39, 0.29) is 28.8 Å². The quantitative estimate of drug-likeness (QED) is 0.842. The molecule has 1 fully saturated rings. The number of halogens is 1. The van der Waals surface area contributed by atoms with Crippen LogP contribution in [0.2, 0.25) is 0 Å². The fraction of sp³-hybridized carbons (Fsp3) is 0.571. The van der Waals surface area contributed by atoms with Gasteiger partial charge in [-0.25, -0.2) is 12.8 Å². The van der Waals surface area contributed by atoms with E-state index in [1.807, 2.05) is 0 Å². The summed E-state index contributed by atoms with van der Waals surface area (Å²) in [6.45, 7) is 4.45. The Morgan fingerprint density at radius 2 is 2.19 bits per heavy atom. The lowest BCUT2D eigenvalue weighted by atomic mass is 10.2. The minimum atomic E-state index is -3.78. The van der Waals surface area contributed by atoms with Crippen molar-refractivity contribution in [2.24, 2.45) is 0 Å². The number of hydrogen-bond acceptors (Lipinski definition) is 4. The zero-order valence-electron chi connectivity index (χ0n) is 12.3. The van der Waals surface area contributed by atoms with Gasteiger partial charge in [-0.3, -0.25) is 0 Å². The summed E-state index contributed by atoms with van der Waals surface area (Å²) >= 11 is 0. The van der Waals surface area contributed by atoms with E-state index in [1.165, 1.54) is 17.3 Å². The van der Waals surface area contributed by atoms with Gasteiger partial charge in [-0.2, -0.15) is 4.31 Å². The van der Waals surface area contributed by atoms with Crippen LogP contribution in [0, 0.1) is 12.7 Å². The molecule has 1 aliphatic rings. The number of anilines is 1. The smallest absolute Gasteiger partial charge is 0.243 e. The van der Waals surface area contributed by atoms with Gasteiger partial charge in [0.2, 0.25) is 10.0 Å². The minimum Gasteiger partial charge on any atom is -0.399 e. The Bertz CT molecular complexity index is 613. The van der Waals surface area contributed by atoms with E-state index in [2.05, 4.69) is 0 Å². The lowest BCUT2D eigenvalue weighted by Gasteiger charge is -2.24. The van der Waals surface area contributed by atoms with Gasteiger partial charge in [-0.15, -0.1) is 0 Å². The molecule has 0 saturated carbocycles. The van der Waals surface area contributed by atoms with Gasteiger partial charge in [0.25, 0.3) is 0 Å². The first kappa shape index (κ1) is 16.2. The highest BCUT2D eigenvalue weighted by atomic mass is 32.2. The zero-order valence-corrected chi connectivity index (χ0v) is 13.1. The predicted octanol–water partition coefficient (Wildman–Crippen LogP) is 1.91. The summed E-state index contributed by atoms with van der Waals surface area (Å²) in [6, 6.07) is 2.44. The number of sulfonamides is 1. The molecule has 1 aliphatic heterocycles. The van der Waals surface area contributed by atoms with E-state index in [1.54, 1.807) is 6.92 Å². The Kier molecular flexibility index (Phi) is 4.85. The van der Waals surface area contributed by atoms with Crippen molar-refractivity contribution in [2.45, 2.75) is 37.7 Å². The van der Waals surface area contributed by atoms with E-state index in [0.29, 0.717) is 13.2 Å². The molecule has 0 radical (unpaired) electrons. The maximum atomic E-state index is 13.8. The zero-order chi connectivity index (χ0) is 15.6. The highest BCUT2D eigenvalue weighted by Crippen LogP contribution is 2.26. The van der Waals surface area contributed by atoms with Crippen molar-refractivity contribution < 1.29 is 17.5 Å². The summed E-state index contributed by atoms with van der Waals surface area (Å²) in [6.07, 6.45) is 1.69. The topological polar surface area (TPSA) is 72.6 Å². The van der Waals surface area contributed by atoms with Crippen molar-refractivity contribution in [2.75, 3.05) is 25.4 Å². The second kappa shape index (κ2) is 6.29. The molecular weight excluding hydrogens is 295 g/mol. The molecule has 0 spiro atoms. The van der Waals surface area contributed by atoms with Gasteiger partial charge in [0.15, 0.2) is 0 Å². The molecule has 0 bridgehead atoms. The van der Waals surface area contributed by atoms with Crippen LogP contribution in [0.5, 0.6) is 0 Å². The summed E-state index contributed by atoms with van der Waals surface area (Å²) in [5, 5.41) is 0. The number of nitrogens with two attached hydrogens (primary N) is 1. The first-order chi connectivity index (χ1) is 9.86. The molecule has 0 amide bonds. The second-order valence-corrected chi connectivity index (χ2v) is 7.12. The predicted molar refractivity (Wildman–Crippen MR) is 79.0 cm³/mol. The van der Waals surface area contributed by atoms with Gasteiger partial charge in [-0.1, -0.05) is 6.92 Å². The summed E-state index contributed by atoms with van der Waals surface area (Å²) in [5.41, 5.74) is 5.78. The average molecular weight is 316 g/mol. The van der Waals surface area contributed by atoms with E-state index < -0.39 is 15.8 Å². The van der Waals surface area contributed by atoms with Crippen LogP contribution in [0.25, 0.3) is 0 Å². The minimum absolute atomic E-state index is 0.0696. The van der Waals surface area contributed by atoms with E-state index in [4.69, 9.17) is 10.5 Å². The molecule has 0 aromatic heterocycles. The van der Waals surface area contributed by atoms with Crippen molar-refractivity contribution in [3.8, 4) is 0 Å². The van der Waals surface area contributed by atoms with Crippen molar-refractivity contribution in [1.29, 1.82) is 0 Å². The third-order valence-electron chi connectivity index (χ3n) is 3.72. The lowest BCUT2D eigenvalue weighted by Crippen LogP contribution is -2.37. The third-order valence-corrected chi connectivity index (χ3v) is 5.79. The standard InChI is InChI=1S/C14H21FN2O3S/c1-3-17(9-12-5-4-6-20-12)21(18,19)14-8-11(16)7-13(15)10(14)2/h7-8,12H,3-6,9,16H2,1-2H3. The molecule has 2 N–H and O–H groups in total. The number of likely N-dealkylation sites (N-methyl/N-ethyl adjacent to an activating group) is 1. The van der Waals surface area contributed by atoms with Crippen LogP contribution >= 0.6 is 0 Å². The van der Waals surface area contributed by atoms with Crippen molar-refractivity contribution >= 4 is 15.7 Å². The Morgan fingerprint density at radius 1 is 1.48 bits per heavy atom. The number of nitrogen functional groups attached to an aromatic ring is 1. The van der Waals surface area contributed by atoms with Crippen molar-refractivity contribution in [3.05, 3.63) is 23.5 Å². The van der Waals surface area contributed by atoms with Crippen LogP contribution in [-0.2, 0) is 14.8 Å². The molecule has 1 atom stereocenters. The molecule has 1 aromatic carbocycles. The molecule has 21 heavy (non-hydrogen) atoms. The third kappa shape index (κ3) is 3.36. The normalized spacial score (nSPS) is 19.3. The summed E-state index contributed by atoms with van der Waals surface area (Å²) in [7, 11) is -3.78. The van der Waals surface area contributed by atoms with Gasteiger partial charge in [0.1, 0.15) is 5.82 Å². The number of rotatable bonds is 5. The monoisotopic (exact) mass is 316 g/mol. The molecule has 1 aromatic rings. The fourth-order valence-electron chi connectivity index (χ4n) is 2.49. The molecule has 1 saturated heterocycles. The average Bonchev–Trinajstić information content (AvgIpc) is 2.92. The van der Waals surface area contributed by atoms with Crippen LogP contribution in [0.1, 0.15) is 25.3 Å². The SMILES string of the molecule is CCN(CC1CCCO1)S(=O)(=O)c1cc(N)cc(F)c1C. The van der Waals surface area contributed by atoms with Gasteiger partial charge >= 0.3 is 0 Å². The van der Waals surface area contributed by atoms with Gasteiger partial charge < -0.3 is 10.5 Å². The van der Waals surface area contributed by atoms with E-state index >= 15 is 0 Å². The number of nitrogens with zero attached hydrogens (tertiary/aromatic N) is 1. The Hall–Kier alpha value is -1.18. The molecule has 1 heterocycles. The summed E-state index contributed by atoms with van der Waals surface area (Å²) in [5.74, 6) is -0.609.